The zero-order valence-corrected chi connectivity index (χ0v) is 5.10. The SMILES string of the molecule is OC1N=CC=C2OCON21. The largest absolute Gasteiger partial charge is 0.448 e. The Bertz CT molecular complexity index is 201. The normalized spacial score (nSPS) is 29.5. The molecule has 5 heteroatoms. The molecule has 2 aliphatic heterocycles. The van der Waals surface area contributed by atoms with Gasteiger partial charge in [0.05, 0.1) is 0 Å². The lowest BCUT2D eigenvalue weighted by molar-refractivity contribution is -0.186. The molecule has 2 heterocycles. The van der Waals surface area contributed by atoms with Crippen LogP contribution in [0.5, 0.6) is 0 Å². The van der Waals surface area contributed by atoms with Gasteiger partial charge in [0.1, 0.15) is 0 Å². The second-order valence-corrected chi connectivity index (χ2v) is 1.87. The molecule has 0 amide bonds. The summed E-state index contributed by atoms with van der Waals surface area (Å²) in [6, 6.07) is 0. The number of fused-ring (bicyclic) bond motifs is 1. The van der Waals surface area contributed by atoms with Gasteiger partial charge in [0, 0.05) is 12.3 Å². The van der Waals surface area contributed by atoms with E-state index in [1.165, 1.54) is 11.3 Å². The van der Waals surface area contributed by atoms with Crippen LogP contribution in [0, 0.1) is 0 Å². The summed E-state index contributed by atoms with van der Waals surface area (Å²) in [6.45, 7) is 0.145. The third-order valence-electron chi connectivity index (χ3n) is 1.26. The maximum atomic E-state index is 9.06. The molecule has 0 saturated carbocycles. The van der Waals surface area contributed by atoms with Crippen molar-refractivity contribution in [3.05, 3.63) is 12.0 Å². The van der Waals surface area contributed by atoms with Crippen LogP contribution in [-0.4, -0.2) is 29.5 Å². The van der Waals surface area contributed by atoms with Gasteiger partial charge in [-0.15, -0.1) is 0 Å². The van der Waals surface area contributed by atoms with Gasteiger partial charge in [0.2, 0.25) is 12.7 Å². The van der Waals surface area contributed by atoms with Gasteiger partial charge < -0.3 is 9.84 Å². The third kappa shape index (κ3) is 0.680. The quantitative estimate of drug-likeness (QED) is 0.491. The molecule has 0 spiro atoms. The number of aliphatic imine (C=N–C) groups is 1. The van der Waals surface area contributed by atoms with Gasteiger partial charge in [-0.3, -0.25) is 0 Å². The molecule has 2 aliphatic rings. The topological polar surface area (TPSA) is 54.3 Å². The Morgan fingerprint density at radius 1 is 1.80 bits per heavy atom. The number of allylic oxidation sites excluding steroid dienone is 1. The van der Waals surface area contributed by atoms with Crippen molar-refractivity contribution in [3.8, 4) is 0 Å². The predicted molar refractivity (Wildman–Crippen MR) is 31.5 cm³/mol. The number of aliphatic hydroxyl groups is 1. The van der Waals surface area contributed by atoms with Crippen molar-refractivity contribution in [3.63, 3.8) is 0 Å². The van der Waals surface area contributed by atoms with Crippen LogP contribution in [0.2, 0.25) is 0 Å². The van der Waals surface area contributed by atoms with Crippen molar-refractivity contribution in [2.24, 2.45) is 4.99 Å². The number of hydrogen-bond acceptors (Lipinski definition) is 5. The summed E-state index contributed by atoms with van der Waals surface area (Å²) < 4.78 is 4.94. The van der Waals surface area contributed by atoms with Crippen LogP contribution in [0.3, 0.4) is 0 Å². The van der Waals surface area contributed by atoms with E-state index in [1.807, 2.05) is 0 Å². The first kappa shape index (κ1) is 5.70. The Kier molecular flexibility index (Phi) is 1.12. The maximum absolute atomic E-state index is 9.06. The summed E-state index contributed by atoms with van der Waals surface area (Å²) in [7, 11) is 0. The molecular formula is C5H6N2O3. The van der Waals surface area contributed by atoms with E-state index >= 15 is 0 Å². The first-order valence-corrected chi connectivity index (χ1v) is 2.84. The first-order chi connectivity index (χ1) is 4.88. The Morgan fingerprint density at radius 2 is 2.70 bits per heavy atom. The molecule has 2 rings (SSSR count). The first-order valence-electron chi connectivity index (χ1n) is 2.84. The number of aliphatic hydroxyl groups excluding tert-OH is 1. The fraction of sp³-hybridized carbons (Fsp3) is 0.400. The Morgan fingerprint density at radius 3 is 3.50 bits per heavy atom. The van der Waals surface area contributed by atoms with E-state index in [2.05, 4.69) is 4.99 Å². The molecule has 0 aromatic rings. The van der Waals surface area contributed by atoms with E-state index in [0.717, 1.165) is 0 Å². The standard InChI is InChI=1S/C5H6N2O3/c8-5-6-2-1-4-7(5)10-3-9-4/h1-2,5,8H,3H2. The van der Waals surface area contributed by atoms with Crippen LogP contribution in [-0.2, 0) is 9.57 Å². The summed E-state index contributed by atoms with van der Waals surface area (Å²) in [4.78, 5) is 8.50. The van der Waals surface area contributed by atoms with E-state index in [-0.39, 0.29) is 6.79 Å². The molecule has 1 N–H and O–H groups in total. The van der Waals surface area contributed by atoms with Gasteiger partial charge in [-0.05, 0) is 0 Å². The summed E-state index contributed by atoms with van der Waals surface area (Å²) in [5.41, 5.74) is 0. The lowest BCUT2D eigenvalue weighted by Gasteiger charge is -2.19. The van der Waals surface area contributed by atoms with Gasteiger partial charge >= 0.3 is 0 Å². The summed E-state index contributed by atoms with van der Waals surface area (Å²) in [6.07, 6.45) is 2.15. The predicted octanol–water partition coefficient (Wildman–Crippen LogP) is -0.591. The van der Waals surface area contributed by atoms with Crippen molar-refractivity contribution in [2.75, 3.05) is 6.79 Å². The van der Waals surface area contributed by atoms with E-state index in [1.54, 1.807) is 6.08 Å². The zero-order valence-electron chi connectivity index (χ0n) is 5.10. The highest BCUT2D eigenvalue weighted by Crippen LogP contribution is 2.19. The lowest BCUT2D eigenvalue weighted by Crippen LogP contribution is -2.30. The molecule has 1 atom stereocenters. The second kappa shape index (κ2) is 1.96. The average Bonchev–Trinajstić information content (AvgIpc) is 2.36. The Balaban J connectivity index is 2.25. The molecule has 1 fully saturated rings. The maximum Gasteiger partial charge on any atom is 0.251 e. The highest BCUT2D eigenvalue weighted by Gasteiger charge is 2.27. The Hall–Kier alpha value is -1.07. The number of hydrogen-bond donors (Lipinski definition) is 1. The molecule has 1 unspecified atom stereocenters. The van der Waals surface area contributed by atoms with Gasteiger partial charge in [0.25, 0.3) is 6.35 Å². The van der Waals surface area contributed by atoms with Crippen LogP contribution >= 0.6 is 0 Å². The van der Waals surface area contributed by atoms with E-state index in [0.29, 0.717) is 5.88 Å². The summed E-state index contributed by atoms with van der Waals surface area (Å²) >= 11 is 0. The van der Waals surface area contributed by atoms with Crippen LogP contribution in [0.25, 0.3) is 0 Å². The minimum Gasteiger partial charge on any atom is -0.448 e. The highest BCUT2D eigenvalue weighted by molar-refractivity contribution is 5.72. The van der Waals surface area contributed by atoms with Gasteiger partial charge in [-0.1, -0.05) is 0 Å². The fourth-order valence-electron chi connectivity index (χ4n) is 0.817. The highest BCUT2D eigenvalue weighted by atomic mass is 16.9. The second-order valence-electron chi connectivity index (χ2n) is 1.87. The van der Waals surface area contributed by atoms with E-state index < -0.39 is 6.35 Å². The molecule has 5 nitrogen and oxygen atoms in total. The van der Waals surface area contributed by atoms with Crippen molar-refractivity contribution in [1.29, 1.82) is 0 Å². The molecule has 0 aromatic carbocycles. The lowest BCUT2D eigenvalue weighted by atomic mass is 10.5. The van der Waals surface area contributed by atoms with Crippen molar-refractivity contribution in [2.45, 2.75) is 6.35 Å². The van der Waals surface area contributed by atoms with E-state index in [4.69, 9.17) is 14.7 Å². The molecular weight excluding hydrogens is 136 g/mol. The molecule has 10 heavy (non-hydrogen) atoms. The number of ether oxygens (including phenoxy) is 1. The third-order valence-corrected chi connectivity index (χ3v) is 1.26. The summed E-state index contributed by atoms with van der Waals surface area (Å²) in [5.74, 6) is 0.502. The van der Waals surface area contributed by atoms with Gasteiger partial charge in [-0.2, -0.15) is 5.06 Å². The Labute approximate surface area is 57.1 Å². The minimum absolute atomic E-state index is 0.145. The van der Waals surface area contributed by atoms with Gasteiger partial charge in [-0.25, -0.2) is 9.83 Å². The average molecular weight is 142 g/mol. The fourth-order valence-corrected chi connectivity index (χ4v) is 0.817. The van der Waals surface area contributed by atoms with E-state index in [9.17, 15) is 0 Å². The minimum atomic E-state index is -0.956. The monoisotopic (exact) mass is 142 g/mol. The molecule has 0 radical (unpaired) electrons. The number of hydroxylamine groups is 2. The summed E-state index contributed by atoms with van der Waals surface area (Å²) in [5, 5.41) is 10.3. The molecule has 0 aliphatic carbocycles. The molecule has 0 bridgehead atoms. The van der Waals surface area contributed by atoms with Gasteiger partial charge in [0.15, 0.2) is 0 Å². The molecule has 1 saturated heterocycles. The van der Waals surface area contributed by atoms with Crippen LogP contribution in [0.1, 0.15) is 0 Å². The molecule has 54 valence electrons. The van der Waals surface area contributed by atoms with Crippen LogP contribution < -0.4 is 0 Å². The van der Waals surface area contributed by atoms with Crippen LogP contribution in [0.15, 0.2) is 17.0 Å². The van der Waals surface area contributed by atoms with Crippen molar-refractivity contribution >= 4 is 6.21 Å². The number of nitrogens with zero attached hydrogens (tertiary/aromatic N) is 2. The van der Waals surface area contributed by atoms with Crippen molar-refractivity contribution < 1.29 is 14.7 Å². The molecule has 0 aromatic heterocycles. The zero-order chi connectivity index (χ0) is 6.97. The number of rotatable bonds is 0. The van der Waals surface area contributed by atoms with Crippen molar-refractivity contribution in [1.82, 2.24) is 5.06 Å². The van der Waals surface area contributed by atoms with Crippen LogP contribution in [0.4, 0.5) is 0 Å². The smallest absolute Gasteiger partial charge is 0.251 e.